The first-order valence-corrected chi connectivity index (χ1v) is 9.74. The fourth-order valence-electron chi connectivity index (χ4n) is 4.71. The summed E-state index contributed by atoms with van der Waals surface area (Å²) in [5.41, 5.74) is 3.23. The van der Waals surface area contributed by atoms with Crippen LogP contribution in [0.4, 0.5) is 0 Å². The van der Waals surface area contributed by atoms with Crippen molar-refractivity contribution < 1.29 is 33.2 Å². The molecule has 8 heteroatoms. The normalized spacial score (nSPS) is 21.7. The molecule has 0 N–H and O–H groups in total. The third-order valence-corrected chi connectivity index (χ3v) is 6.06. The standard InChI is InChI=1S/C22H23NO7/c1-23-8-7-11-9-14-20(29-10-28-14)21(27-4)15(11)17(23)18-12-5-6-13(25-2)19(26-3)16(12)22(24)30-18/h5-6,9,17-18H,7-8,10H2,1-4H3/t17-,18+/m0/s1. The molecule has 0 saturated heterocycles. The number of rotatable bonds is 4. The second-order valence-electron chi connectivity index (χ2n) is 7.48. The first-order valence-electron chi connectivity index (χ1n) is 9.74. The van der Waals surface area contributed by atoms with E-state index in [4.69, 9.17) is 28.4 Å². The van der Waals surface area contributed by atoms with Crippen LogP contribution < -0.4 is 23.7 Å². The van der Waals surface area contributed by atoms with E-state index in [9.17, 15) is 4.79 Å². The van der Waals surface area contributed by atoms with Crippen molar-refractivity contribution in [2.75, 3.05) is 41.7 Å². The van der Waals surface area contributed by atoms with Crippen LogP contribution in [0.15, 0.2) is 18.2 Å². The van der Waals surface area contributed by atoms with Gasteiger partial charge in [0.2, 0.25) is 12.5 Å². The molecule has 3 aliphatic rings. The molecule has 0 spiro atoms. The van der Waals surface area contributed by atoms with E-state index in [-0.39, 0.29) is 12.8 Å². The maximum absolute atomic E-state index is 12.9. The number of nitrogens with zero attached hydrogens (tertiary/aromatic N) is 1. The number of ether oxygens (including phenoxy) is 6. The van der Waals surface area contributed by atoms with Crippen LogP contribution in [0.2, 0.25) is 0 Å². The SMILES string of the molecule is COc1ccc2c(c1OC)C(=O)O[C@H]2[C@@H]1c2c(cc3c(c2OC)OCO3)CCN1C. The molecule has 5 rings (SSSR count). The van der Waals surface area contributed by atoms with Crippen LogP contribution in [0.1, 0.15) is 39.2 Å². The summed E-state index contributed by atoms with van der Waals surface area (Å²) < 4.78 is 33.8. The predicted molar refractivity (Wildman–Crippen MR) is 106 cm³/mol. The van der Waals surface area contributed by atoms with Crippen molar-refractivity contribution in [3.63, 3.8) is 0 Å². The Labute approximate surface area is 174 Å². The third kappa shape index (κ3) is 2.53. The van der Waals surface area contributed by atoms with Crippen LogP contribution in [0.25, 0.3) is 0 Å². The summed E-state index contributed by atoms with van der Waals surface area (Å²) in [5, 5.41) is 0. The molecule has 0 radical (unpaired) electrons. The van der Waals surface area contributed by atoms with Crippen molar-refractivity contribution in [3.05, 3.63) is 40.5 Å². The Balaban J connectivity index is 1.69. The molecule has 3 aliphatic heterocycles. The Morgan fingerprint density at radius 3 is 2.60 bits per heavy atom. The highest BCUT2D eigenvalue weighted by Gasteiger charge is 2.46. The number of benzene rings is 2. The minimum Gasteiger partial charge on any atom is -0.493 e. The van der Waals surface area contributed by atoms with Gasteiger partial charge in [0.05, 0.1) is 27.4 Å². The molecule has 0 bridgehead atoms. The fraction of sp³-hybridized carbons (Fsp3) is 0.409. The van der Waals surface area contributed by atoms with Gasteiger partial charge in [-0.15, -0.1) is 0 Å². The molecule has 0 amide bonds. The molecular weight excluding hydrogens is 390 g/mol. The second-order valence-corrected chi connectivity index (χ2v) is 7.48. The Morgan fingerprint density at radius 2 is 1.87 bits per heavy atom. The summed E-state index contributed by atoms with van der Waals surface area (Å²) >= 11 is 0. The minimum atomic E-state index is -0.523. The van der Waals surface area contributed by atoms with E-state index in [1.807, 2.05) is 19.2 Å². The lowest BCUT2D eigenvalue weighted by Gasteiger charge is -2.38. The van der Waals surface area contributed by atoms with Gasteiger partial charge in [-0.3, -0.25) is 4.90 Å². The molecule has 2 aromatic carbocycles. The summed E-state index contributed by atoms with van der Waals surface area (Å²) in [6.07, 6.45) is 0.306. The van der Waals surface area contributed by atoms with Gasteiger partial charge in [-0.25, -0.2) is 4.79 Å². The molecule has 30 heavy (non-hydrogen) atoms. The molecule has 2 atom stereocenters. The van der Waals surface area contributed by atoms with E-state index in [1.165, 1.54) is 7.11 Å². The Morgan fingerprint density at radius 1 is 1.07 bits per heavy atom. The highest BCUT2D eigenvalue weighted by Crippen LogP contribution is 2.55. The fourth-order valence-corrected chi connectivity index (χ4v) is 4.71. The van der Waals surface area contributed by atoms with E-state index in [0.717, 1.165) is 29.7 Å². The van der Waals surface area contributed by atoms with E-state index >= 15 is 0 Å². The largest absolute Gasteiger partial charge is 0.493 e. The smallest absolute Gasteiger partial charge is 0.343 e. The van der Waals surface area contributed by atoms with Gasteiger partial charge in [0.15, 0.2) is 23.0 Å². The predicted octanol–water partition coefficient (Wildman–Crippen LogP) is 2.88. The van der Waals surface area contributed by atoms with Crippen molar-refractivity contribution in [2.24, 2.45) is 0 Å². The molecule has 0 fully saturated rings. The number of likely N-dealkylation sites (N-methyl/N-ethyl adjacent to an activating group) is 1. The third-order valence-electron chi connectivity index (χ3n) is 6.06. The van der Waals surface area contributed by atoms with Gasteiger partial charge >= 0.3 is 5.97 Å². The lowest BCUT2D eigenvalue weighted by Crippen LogP contribution is -2.36. The molecule has 3 heterocycles. The van der Waals surface area contributed by atoms with Crippen molar-refractivity contribution >= 4 is 5.97 Å². The molecule has 8 nitrogen and oxygen atoms in total. The molecular formula is C22H23NO7. The summed E-state index contributed by atoms with van der Waals surface area (Å²) in [7, 11) is 6.70. The van der Waals surface area contributed by atoms with Crippen molar-refractivity contribution in [3.8, 4) is 28.7 Å². The summed E-state index contributed by atoms with van der Waals surface area (Å²) in [6, 6.07) is 5.43. The molecule has 2 aromatic rings. The van der Waals surface area contributed by atoms with Crippen LogP contribution in [0.3, 0.4) is 0 Å². The number of fused-ring (bicyclic) bond motifs is 3. The van der Waals surface area contributed by atoms with Gasteiger partial charge in [0.1, 0.15) is 11.7 Å². The molecule has 0 aliphatic carbocycles. The first-order chi connectivity index (χ1) is 14.6. The van der Waals surface area contributed by atoms with Gasteiger partial charge in [-0.2, -0.15) is 0 Å². The average molecular weight is 413 g/mol. The molecule has 0 saturated carbocycles. The van der Waals surface area contributed by atoms with Gasteiger partial charge in [0, 0.05) is 17.7 Å². The van der Waals surface area contributed by atoms with Crippen LogP contribution >= 0.6 is 0 Å². The number of carbonyl (C=O) groups is 1. The molecule has 0 aromatic heterocycles. The Kier molecular flexibility index (Phi) is 4.39. The maximum Gasteiger partial charge on any atom is 0.343 e. The van der Waals surface area contributed by atoms with Gasteiger partial charge < -0.3 is 28.4 Å². The van der Waals surface area contributed by atoms with Crippen LogP contribution in [-0.4, -0.2) is 52.6 Å². The van der Waals surface area contributed by atoms with E-state index < -0.39 is 12.1 Å². The Bertz CT molecular complexity index is 1030. The first kappa shape index (κ1) is 18.9. The van der Waals surface area contributed by atoms with Gasteiger partial charge in [-0.1, -0.05) is 6.07 Å². The summed E-state index contributed by atoms with van der Waals surface area (Å²) in [4.78, 5) is 15.1. The highest BCUT2D eigenvalue weighted by atomic mass is 16.7. The van der Waals surface area contributed by atoms with Crippen molar-refractivity contribution in [1.82, 2.24) is 4.90 Å². The zero-order valence-electron chi connectivity index (χ0n) is 17.3. The van der Waals surface area contributed by atoms with Crippen LogP contribution in [-0.2, 0) is 11.2 Å². The van der Waals surface area contributed by atoms with Gasteiger partial charge in [-0.05, 0) is 31.2 Å². The van der Waals surface area contributed by atoms with Gasteiger partial charge in [0.25, 0.3) is 0 Å². The van der Waals surface area contributed by atoms with Crippen molar-refractivity contribution in [1.29, 1.82) is 0 Å². The molecule has 158 valence electrons. The zero-order valence-corrected chi connectivity index (χ0v) is 17.3. The minimum absolute atomic E-state index is 0.160. The highest BCUT2D eigenvalue weighted by molar-refractivity contribution is 5.98. The lowest BCUT2D eigenvalue weighted by atomic mass is 9.85. The van der Waals surface area contributed by atoms with E-state index in [1.54, 1.807) is 20.3 Å². The second kappa shape index (κ2) is 6.98. The van der Waals surface area contributed by atoms with Crippen LogP contribution in [0, 0.1) is 0 Å². The van der Waals surface area contributed by atoms with Crippen molar-refractivity contribution in [2.45, 2.75) is 18.6 Å². The summed E-state index contributed by atoms with van der Waals surface area (Å²) in [5.74, 6) is 2.36. The van der Waals surface area contributed by atoms with Crippen LogP contribution in [0.5, 0.6) is 28.7 Å². The number of hydrogen-bond acceptors (Lipinski definition) is 8. The number of esters is 1. The molecule has 0 unspecified atom stereocenters. The number of hydrogen-bond donors (Lipinski definition) is 0. The lowest BCUT2D eigenvalue weighted by molar-refractivity contribution is 0.00874. The zero-order chi connectivity index (χ0) is 21.0. The summed E-state index contributed by atoms with van der Waals surface area (Å²) in [6.45, 7) is 0.963. The maximum atomic E-state index is 12.9. The monoisotopic (exact) mass is 413 g/mol. The topological polar surface area (TPSA) is 75.7 Å². The van der Waals surface area contributed by atoms with E-state index in [0.29, 0.717) is 34.3 Å². The number of carbonyl (C=O) groups excluding carboxylic acids is 1. The number of methoxy groups -OCH3 is 3. The Hall–Kier alpha value is -3.13. The van der Waals surface area contributed by atoms with E-state index in [2.05, 4.69) is 4.90 Å². The number of cyclic esters (lactones) is 1. The average Bonchev–Trinajstić information content (AvgIpc) is 3.35. The quantitative estimate of drug-likeness (QED) is 0.709.